The highest BCUT2D eigenvalue weighted by Crippen LogP contribution is 2.25. The summed E-state index contributed by atoms with van der Waals surface area (Å²) in [5.74, 6) is 0.871. The third-order valence-electron chi connectivity index (χ3n) is 4.71. The van der Waals surface area contributed by atoms with Crippen LogP contribution in [-0.4, -0.2) is 35.0 Å². The molecule has 1 aliphatic heterocycles. The minimum absolute atomic E-state index is 0.00285. The van der Waals surface area contributed by atoms with E-state index in [9.17, 15) is 4.79 Å². The fourth-order valence-corrected chi connectivity index (χ4v) is 3.47. The second kappa shape index (κ2) is 9.58. The number of benzene rings is 1. The monoisotopic (exact) mass is 372 g/mol. The van der Waals surface area contributed by atoms with E-state index in [-0.39, 0.29) is 12.0 Å². The van der Waals surface area contributed by atoms with Crippen LogP contribution in [0, 0.1) is 0 Å². The van der Waals surface area contributed by atoms with Gasteiger partial charge in [-0.25, -0.2) is 0 Å². The molecule has 2 heterocycles. The Labute approximate surface area is 160 Å². The van der Waals surface area contributed by atoms with Crippen molar-refractivity contribution in [2.24, 2.45) is 0 Å². The molecule has 1 unspecified atom stereocenters. The standard InChI is InChI=1S/C21H25ClN2O2/c22-19-15-23-13-12-20(19)26-18-10-6-14-24(16-18)21(25)11-5-4-9-17-7-2-1-3-8-17/h1-3,7-8,12-13,15,18H,4-6,9-11,14,16H2. The van der Waals surface area contributed by atoms with Gasteiger partial charge in [0.1, 0.15) is 16.9 Å². The Kier molecular flexibility index (Phi) is 6.89. The van der Waals surface area contributed by atoms with E-state index in [1.807, 2.05) is 11.0 Å². The van der Waals surface area contributed by atoms with Crippen molar-refractivity contribution >= 4 is 17.5 Å². The predicted molar refractivity (Wildman–Crippen MR) is 103 cm³/mol. The summed E-state index contributed by atoms with van der Waals surface area (Å²) in [6.45, 7) is 1.46. The van der Waals surface area contributed by atoms with E-state index in [1.165, 1.54) is 5.56 Å². The van der Waals surface area contributed by atoms with Gasteiger partial charge in [0.15, 0.2) is 0 Å². The van der Waals surface area contributed by atoms with Crippen LogP contribution in [0.4, 0.5) is 0 Å². The largest absolute Gasteiger partial charge is 0.487 e. The second-order valence-corrected chi connectivity index (χ2v) is 7.13. The molecule has 1 fully saturated rings. The topological polar surface area (TPSA) is 42.4 Å². The Morgan fingerprint density at radius 3 is 2.88 bits per heavy atom. The number of rotatable bonds is 7. The first-order valence-corrected chi connectivity index (χ1v) is 9.68. The maximum atomic E-state index is 12.5. The smallest absolute Gasteiger partial charge is 0.222 e. The SMILES string of the molecule is O=C(CCCCc1ccccc1)N1CCCC(Oc2ccncc2Cl)C1. The van der Waals surface area contributed by atoms with Crippen molar-refractivity contribution in [2.75, 3.05) is 13.1 Å². The van der Waals surface area contributed by atoms with Crippen molar-refractivity contribution in [1.82, 2.24) is 9.88 Å². The first-order valence-electron chi connectivity index (χ1n) is 9.30. The zero-order valence-electron chi connectivity index (χ0n) is 14.9. The summed E-state index contributed by atoms with van der Waals surface area (Å²) in [5, 5.41) is 0.511. The lowest BCUT2D eigenvalue weighted by Crippen LogP contribution is -2.44. The summed E-state index contributed by atoms with van der Waals surface area (Å²) in [6, 6.07) is 12.2. The van der Waals surface area contributed by atoms with Crippen molar-refractivity contribution < 1.29 is 9.53 Å². The Morgan fingerprint density at radius 1 is 1.23 bits per heavy atom. The highest BCUT2D eigenvalue weighted by atomic mass is 35.5. The molecule has 26 heavy (non-hydrogen) atoms. The first kappa shape index (κ1) is 18.7. The van der Waals surface area contributed by atoms with Gasteiger partial charge in [0.05, 0.1) is 6.54 Å². The molecule has 4 nitrogen and oxygen atoms in total. The molecule has 5 heteroatoms. The van der Waals surface area contributed by atoms with Crippen LogP contribution in [0.1, 0.15) is 37.7 Å². The van der Waals surface area contributed by atoms with Crippen LogP contribution in [0.25, 0.3) is 0 Å². The number of aromatic nitrogens is 1. The molecule has 0 saturated carbocycles. The third-order valence-corrected chi connectivity index (χ3v) is 4.99. The predicted octanol–water partition coefficient (Wildman–Crippen LogP) is 4.52. The average Bonchev–Trinajstić information content (AvgIpc) is 2.68. The Balaban J connectivity index is 1.42. The average molecular weight is 373 g/mol. The molecular weight excluding hydrogens is 348 g/mol. The van der Waals surface area contributed by atoms with E-state index in [0.29, 0.717) is 23.7 Å². The molecule has 0 spiro atoms. The van der Waals surface area contributed by atoms with Gasteiger partial charge in [0.25, 0.3) is 0 Å². The van der Waals surface area contributed by atoms with E-state index in [0.717, 1.165) is 38.6 Å². The molecule has 1 aromatic carbocycles. The molecule has 0 N–H and O–H groups in total. The van der Waals surface area contributed by atoms with Gasteiger partial charge in [0.2, 0.25) is 5.91 Å². The number of pyridine rings is 1. The second-order valence-electron chi connectivity index (χ2n) is 6.72. The molecular formula is C21H25ClN2O2. The summed E-state index contributed by atoms with van der Waals surface area (Å²) >= 11 is 6.11. The van der Waals surface area contributed by atoms with E-state index < -0.39 is 0 Å². The summed E-state index contributed by atoms with van der Waals surface area (Å²) in [4.78, 5) is 18.4. The summed E-state index contributed by atoms with van der Waals surface area (Å²) in [6.07, 6.45) is 8.74. The van der Waals surface area contributed by atoms with E-state index in [2.05, 4.69) is 29.2 Å². The van der Waals surface area contributed by atoms with Crippen molar-refractivity contribution in [1.29, 1.82) is 0 Å². The highest BCUT2D eigenvalue weighted by molar-refractivity contribution is 6.31. The number of ether oxygens (including phenoxy) is 1. The number of amides is 1. The Hall–Kier alpha value is -2.07. The maximum Gasteiger partial charge on any atom is 0.222 e. The van der Waals surface area contributed by atoms with Gasteiger partial charge in [-0.1, -0.05) is 41.9 Å². The van der Waals surface area contributed by atoms with Crippen molar-refractivity contribution in [2.45, 2.75) is 44.6 Å². The van der Waals surface area contributed by atoms with Crippen LogP contribution in [0.2, 0.25) is 5.02 Å². The van der Waals surface area contributed by atoms with Crippen LogP contribution >= 0.6 is 11.6 Å². The number of likely N-dealkylation sites (tertiary alicyclic amines) is 1. The minimum atomic E-state index is -0.00285. The lowest BCUT2D eigenvalue weighted by molar-refractivity contribution is -0.133. The zero-order valence-corrected chi connectivity index (χ0v) is 15.7. The lowest BCUT2D eigenvalue weighted by Gasteiger charge is -2.33. The molecule has 0 radical (unpaired) electrons. The Morgan fingerprint density at radius 2 is 2.08 bits per heavy atom. The number of carbonyl (C=O) groups is 1. The molecule has 1 saturated heterocycles. The summed E-state index contributed by atoms with van der Waals surface area (Å²) < 4.78 is 5.98. The number of nitrogens with zero attached hydrogens (tertiary/aromatic N) is 2. The van der Waals surface area contributed by atoms with Crippen molar-refractivity contribution in [3.63, 3.8) is 0 Å². The molecule has 1 amide bonds. The number of hydrogen-bond acceptors (Lipinski definition) is 3. The lowest BCUT2D eigenvalue weighted by atomic mass is 10.0. The first-order chi connectivity index (χ1) is 12.7. The van der Waals surface area contributed by atoms with Gasteiger partial charge < -0.3 is 9.64 Å². The molecule has 1 aromatic heterocycles. The minimum Gasteiger partial charge on any atom is -0.487 e. The normalized spacial score (nSPS) is 17.1. The molecule has 0 bridgehead atoms. The maximum absolute atomic E-state index is 12.5. The van der Waals surface area contributed by atoms with Crippen LogP contribution in [0.15, 0.2) is 48.8 Å². The molecule has 138 valence electrons. The molecule has 3 rings (SSSR count). The van der Waals surface area contributed by atoms with E-state index in [4.69, 9.17) is 16.3 Å². The van der Waals surface area contributed by atoms with Gasteiger partial charge >= 0.3 is 0 Å². The van der Waals surface area contributed by atoms with Crippen LogP contribution < -0.4 is 4.74 Å². The molecule has 1 aliphatic rings. The molecule has 0 aliphatic carbocycles. The number of halogens is 1. The number of carbonyl (C=O) groups excluding carboxylic acids is 1. The van der Waals surface area contributed by atoms with E-state index >= 15 is 0 Å². The van der Waals surface area contributed by atoms with E-state index in [1.54, 1.807) is 18.5 Å². The van der Waals surface area contributed by atoms with Crippen molar-refractivity contribution in [3.05, 3.63) is 59.4 Å². The third kappa shape index (κ3) is 5.46. The quantitative estimate of drug-likeness (QED) is 0.671. The van der Waals surface area contributed by atoms with Crippen LogP contribution in [0.5, 0.6) is 5.75 Å². The fraction of sp³-hybridized carbons (Fsp3) is 0.429. The molecule has 2 aromatic rings. The van der Waals surface area contributed by atoms with Gasteiger partial charge in [-0.3, -0.25) is 9.78 Å². The Bertz CT molecular complexity index is 708. The zero-order chi connectivity index (χ0) is 18.2. The highest BCUT2D eigenvalue weighted by Gasteiger charge is 2.25. The summed E-state index contributed by atoms with van der Waals surface area (Å²) in [5.41, 5.74) is 1.33. The number of aryl methyl sites for hydroxylation is 1. The fourth-order valence-electron chi connectivity index (χ4n) is 3.31. The van der Waals surface area contributed by atoms with Gasteiger partial charge in [0, 0.05) is 31.4 Å². The number of hydrogen-bond donors (Lipinski definition) is 0. The van der Waals surface area contributed by atoms with Gasteiger partial charge in [-0.2, -0.15) is 0 Å². The summed E-state index contributed by atoms with van der Waals surface area (Å²) in [7, 11) is 0. The van der Waals surface area contributed by atoms with Gasteiger partial charge in [-0.15, -0.1) is 0 Å². The molecule has 1 atom stereocenters. The van der Waals surface area contributed by atoms with Crippen molar-refractivity contribution in [3.8, 4) is 5.75 Å². The van der Waals surface area contributed by atoms with Crippen LogP contribution in [-0.2, 0) is 11.2 Å². The number of unbranched alkanes of at least 4 members (excludes halogenated alkanes) is 1. The van der Waals surface area contributed by atoms with Gasteiger partial charge in [-0.05, 0) is 37.7 Å². The number of piperidine rings is 1. The van der Waals surface area contributed by atoms with Crippen LogP contribution in [0.3, 0.4) is 0 Å².